The van der Waals surface area contributed by atoms with Crippen LogP contribution in [0.3, 0.4) is 0 Å². The molecule has 0 aliphatic rings. The number of carbonyl (C=O) groups excluding carboxylic acids is 1. The van der Waals surface area contributed by atoms with E-state index in [1.54, 1.807) is 29.2 Å². The lowest BCUT2D eigenvalue weighted by molar-refractivity contribution is -0.142. The molecule has 0 radical (unpaired) electrons. The highest BCUT2D eigenvalue weighted by molar-refractivity contribution is 6.00. The maximum absolute atomic E-state index is 14.1. The number of hydrogen-bond donors (Lipinski definition) is 0. The number of ether oxygens (including phenoxy) is 1. The lowest BCUT2D eigenvalue weighted by Gasteiger charge is -2.23. The Kier molecular flexibility index (Phi) is 6.83. The van der Waals surface area contributed by atoms with Gasteiger partial charge < -0.3 is 9.64 Å². The lowest BCUT2D eigenvalue weighted by atomic mass is 10.1. The van der Waals surface area contributed by atoms with Crippen molar-refractivity contribution in [3.05, 3.63) is 120 Å². The summed E-state index contributed by atoms with van der Waals surface area (Å²) < 4.78 is 48.2. The Labute approximate surface area is 216 Å². The molecule has 5 rings (SSSR count). The number of methoxy groups -OCH3 is 1. The van der Waals surface area contributed by atoms with E-state index in [1.807, 2.05) is 60.7 Å². The molecule has 0 saturated heterocycles. The summed E-state index contributed by atoms with van der Waals surface area (Å²) in [6, 6.07) is 26.3. The van der Waals surface area contributed by atoms with Crippen LogP contribution in [0.5, 0.6) is 5.75 Å². The quantitative estimate of drug-likeness (QED) is 0.256. The van der Waals surface area contributed by atoms with Gasteiger partial charge in [0.25, 0.3) is 5.91 Å². The molecule has 0 aliphatic heterocycles. The van der Waals surface area contributed by atoms with Gasteiger partial charge in [-0.05, 0) is 29.3 Å². The van der Waals surface area contributed by atoms with Crippen LogP contribution in [0.15, 0.2) is 97.2 Å². The van der Waals surface area contributed by atoms with E-state index in [4.69, 9.17) is 4.74 Å². The van der Waals surface area contributed by atoms with Crippen LogP contribution in [0.25, 0.3) is 16.9 Å². The summed E-state index contributed by atoms with van der Waals surface area (Å²) >= 11 is 0. The predicted octanol–water partition coefficient (Wildman–Crippen LogP) is 6.27. The van der Waals surface area contributed by atoms with Crippen LogP contribution in [0, 0.1) is 0 Å². The van der Waals surface area contributed by atoms with Crippen molar-refractivity contribution >= 4 is 11.6 Å². The number of halogens is 3. The fraction of sp³-hybridized carbons (Fsp3) is 0.138. The van der Waals surface area contributed by atoms with Crippen molar-refractivity contribution in [2.75, 3.05) is 7.11 Å². The summed E-state index contributed by atoms with van der Waals surface area (Å²) in [4.78, 5) is 19.9. The fourth-order valence-electron chi connectivity index (χ4n) is 4.22. The average Bonchev–Trinajstić information content (AvgIpc) is 3.36. The van der Waals surface area contributed by atoms with Gasteiger partial charge in [-0.2, -0.15) is 18.3 Å². The molecular weight excluding hydrogens is 493 g/mol. The highest BCUT2D eigenvalue weighted by Crippen LogP contribution is 2.33. The third kappa shape index (κ3) is 5.22. The number of fused-ring (bicyclic) bond motifs is 1. The maximum Gasteiger partial charge on any atom is 0.433 e. The molecule has 2 heterocycles. The second-order valence-corrected chi connectivity index (χ2v) is 8.68. The molecule has 192 valence electrons. The second kappa shape index (κ2) is 10.4. The largest absolute Gasteiger partial charge is 0.497 e. The van der Waals surface area contributed by atoms with Gasteiger partial charge >= 0.3 is 6.18 Å². The van der Waals surface area contributed by atoms with E-state index in [1.165, 1.54) is 7.11 Å². The minimum atomic E-state index is -4.73. The number of rotatable bonds is 7. The second-order valence-electron chi connectivity index (χ2n) is 8.68. The molecule has 3 aromatic carbocycles. The van der Waals surface area contributed by atoms with Gasteiger partial charge in [-0.15, -0.1) is 0 Å². The summed E-state index contributed by atoms with van der Waals surface area (Å²) in [5.74, 6) is -0.00411. The average molecular weight is 517 g/mol. The van der Waals surface area contributed by atoms with Crippen LogP contribution in [-0.4, -0.2) is 32.5 Å². The van der Waals surface area contributed by atoms with Gasteiger partial charge in [0.1, 0.15) is 11.3 Å². The van der Waals surface area contributed by atoms with Crippen LogP contribution < -0.4 is 4.74 Å². The molecule has 9 heteroatoms. The van der Waals surface area contributed by atoms with Crippen molar-refractivity contribution in [2.45, 2.75) is 19.3 Å². The highest BCUT2D eigenvalue weighted by Gasteiger charge is 2.36. The minimum absolute atomic E-state index is 0.0212. The predicted molar refractivity (Wildman–Crippen MR) is 136 cm³/mol. The van der Waals surface area contributed by atoms with Crippen molar-refractivity contribution in [1.29, 1.82) is 0 Å². The van der Waals surface area contributed by atoms with Crippen LogP contribution in [-0.2, 0) is 19.3 Å². The number of amides is 1. The molecular formula is C29H23F3N4O2. The van der Waals surface area contributed by atoms with E-state index in [9.17, 15) is 18.0 Å². The monoisotopic (exact) mass is 516 g/mol. The van der Waals surface area contributed by atoms with Gasteiger partial charge in [0.15, 0.2) is 11.3 Å². The van der Waals surface area contributed by atoms with Crippen LogP contribution in [0.4, 0.5) is 13.2 Å². The van der Waals surface area contributed by atoms with Crippen molar-refractivity contribution < 1.29 is 22.7 Å². The molecule has 0 N–H and O–H groups in total. The van der Waals surface area contributed by atoms with Gasteiger partial charge in [0, 0.05) is 18.7 Å². The first-order valence-electron chi connectivity index (χ1n) is 11.8. The first-order chi connectivity index (χ1) is 18.3. The molecule has 0 fully saturated rings. The van der Waals surface area contributed by atoms with Crippen molar-refractivity contribution in [3.8, 4) is 17.0 Å². The summed E-state index contributed by atoms with van der Waals surface area (Å²) in [7, 11) is 1.47. The van der Waals surface area contributed by atoms with E-state index in [0.29, 0.717) is 15.8 Å². The molecule has 5 aromatic rings. The van der Waals surface area contributed by atoms with E-state index in [2.05, 4.69) is 10.1 Å². The zero-order valence-corrected chi connectivity index (χ0v) is 20.4. The molecule has 0 aliphatic carbocycles. The normalized spacial score (nSPS) is 11.5. The Morgan fingerprint density at radius 3 is 2.11 bits per heavy atom. The number of aromatic nitrogens is 3. The van der Waals surface area contributed by atoms with Gasteiger partial charge in [-0.1, -0.05) is 72.8 Å². The van der Waals surface area contributed by atoms with Crippen LogP contribution in [0.2, 0.25) is 0 Å². The zero-order valence-electron chi connectivity index (χ0n) is 20.4. The number of carbonyl (C=O) groups is 1. The smallest absolute Gasteiger partial charge is 0.433 e. The Bertz CT molecular complexity index is 1530. The Morgan fingerprint density at radius 1 is 0.895 bits per heavy atom. The van der Waals surface area contributed by atoms with Crippen molar-refractivity contribution in [1.82, 2.24) is 19.5 Å². The van der Waals surface area contributed by atoms with Crippen LogP contribution >= 0.6 is 0 Å². The molecule has 0 unspecified atom stereocenters. The van der Waals surface area contributed by atoms with Gasteiger partial charge in [-0.3, -0.25) is 4.79 Å². The van der Waals surface area contributed by atoms with Crippen molar-refractivity contribution in [2.24, 2.45) is 0 Å². The summed E-state index contributed by atoms with van der Waals surface area (Å²) in [6.07, 6.45) is -3.58. The number of nitrogens with zero attached hydrogens (tertiary/aromatic N) is 4. The first-order valence-corrected chi connectivity index (χ1v) is 11.8. The molecule has 38 heavy (non-hydrogen) atoms. The molecule has 1 amide bonds. The standard InChI is InChI=1S/C29H23F3N4O2/c1-38-23-14-8-13-22(15-23)25-16-26(29(30,31)32)36-27(34-25)24(17-33-36)28(37)35(18-20-9-4-2-5-10-20)19-21-11-6-3-7-12-21/h2-17H,18-19H2,1H3. The zero-order chi connectivity index (χ0) is 26.7. The first kappa shape index (κ1) is 25.0. The van der Waals surface area contributed by atoms with Gasteiger partial charge in [-0.25, -0.2) is 9.50 Å². The van der Waals surface area contributed by atoms with Crippen LogP contribution in [0.1, 0.15) is 27.2 Å². The number of hydrogen-bond acceptors (Lipinski definition) is 4. The minimum Gasteiger partial charge on any atom is -0.497 e. The Hall–Kier alpha value is -4.66. The third-order valence-electron chi connectivity index (χ3n) is 6.08. The van der Waals surface area contributed by atoms with Crippen molar-refractivity contribution in [3.63, 3.8) is 0 Å². The van der Waals surface area contributed by atoms with E-state index >= 15 is 0 Å². The SMILES string of the molecule is COc1cccc(-c2cc(C(F)(F)F)n3ncc(C(=O)N(Cc4ccccc4)Cc4ccccc4)c3n2)c1. The lowest BCUT2D eigenvalue weighted by Crippen LogP contribution is -2.30. The Balaban J connectivity index is 1.62. The molecule has 0 spiro atoms. The maximum atomic E-state index is 14.1. The van der Waals surface area contributed by atoms with E-state index in [-0.39, 0.29) is 30.0 Å². The van der Waals surface area contributed by atoms with E-state index in [0.717, 1.165) is 23.4 Å². The molecule has 6 nitrogen and oxygen atoms in total. The van der Waals surface area contributed by atoms with Gasteiger partial charge in [0.2, 0.25) is 0 Å². The summed E-state index contributed by atoms with van der Waals surface area (Å²) in [5, 5.41) is 3.93. The molecule has 2 aromatic heterocycles. The highest BCUT2D eigenvalue weighted by atomic mass is 19.4. The Morgan fingerprint density at radius 2 is 1.53 bits per heavy atom. The topological polar surface area (TPSA) is 59.7 Å². The van der Waals surface area contributed by atoms with E-state index < -0.39 is 17.8 Å². The van der Waals surface area contributed by atoms with Gasteiger partial charge in [0.05, 0.1) is 19.0 Å². The molecule has 0 atom stereocenters. The molecule has 0 bridgehead atoms. The number of alkyl halides is 3. The third-order valence-corrected chi connectivity index (χ3v) is 6.08. The summed E-state index contributed by atoms with van der Waals surface area (Å²) in [5.41, 5.74) is 1.01. The summed E-state index contributed by atoms with van der Waals surface area (Å²) in [6.45, 7) is 0.515. The fourth-order valence-corrected chi connectivity index (χ4v) is 4.22. The molecule has 0 saturated carbocycles. The number of benzene rings is 3.